The van der Waals surface area contributed by atoms with Crippen LogP contribution in [-0.4, -0.2) is 28.9 Å². The Morgan fingerprint density at radius 2 is 2.06 bits per heavy atom. The number of amides is 1. The van der Waals surface area contributed by atoms with Gasteiger partial charge < -0.3 is 10.0 Å². The molecule has 0 bridgehead atoms. The van der Waals surface area contributed by atoms with Crippen molar-refractivity contribution >= 4 is 23.2 Å². The van der Waals surface area contributed by atoms with Gasteiger partial charge in [0.1, 0.15) is 5.92 Å². The monoisotopic (exact) mass is 241 g/mol. The van der Waals surface area contributed by atoms with Crippen LogP contribution >= 0.6 is 11.3 Å². The first kappa shape index (κ1) is 12.7. The summed E-state index contributed by atoms with van der Waals surface area (Å²) in [6, 6.07) is 3.76. The number of thiophene rings is 1. The third kappa shape index (κ3) is 2.61. The minimum absolute atomic E-state index is 0.0886. The van der Waals surface area contributed by atoms with E-state index < -0.39 is 11.9 Å². The molecule has 0 spiro atoms. The van der Waals surface area contributed by atoms with E-state index >= 15 is 0 Å². The lowest BCUT2D eigenvalue weighted by Crippen LogP contribution is -2.36. The molecule has 0 aromatic carbocycles. The van der Waals surface area contributed by atoms with Crippen LogP contribution in [0.15, 0.2) is 17.5 Å². The number of hydrogen-bond donors (Lipinski definition) is 1. The van der Waals surface area contributed by atoms with Crippen LogP contribution in [0.1, 0.15) is 24.8 Å². The van der Waals surface area contributed by atoms with Gasteiger partial charge in [0, 0.05) is 11.9 Å². The summed E-state index contributed by atoms with van der Waals surface area (Å²) in [4.78, 5) is 25.0. The van der Waals surface area contributed by atoms with Gasteiger partial charge in [-0.15, -0.1) is 11.3 Å². The molecule has 16 heavy (non-hydrogen) atoms. The van der Waals surface area contributed by atoms with Gasteiger partial charge in [0.05, 0.1) is 6.04 Å². The predicted molar refractivity (Wildman–Crippen MR) is 62.3 cm³/mol. The van der Waals surface area contributed by atoms with Crippen molar-refractivity contribution in [1.82, 2.24) is 4.90 Å². The summed E-state index contributed by atoms with van der Waals surface area (Å²) < 4.78 is 0. The summed E-state index contributed by atoms with van der Waals surface area (Å²) in [5, 5.41) is 10.7. The zero-order valence-corrected chi connectivity index (χ0v) is 10.3. The number of nitrogens with zero attached hydrogens (tertiary/aromatic N) is 1. The zero-order chi connectivity index (χ0) is 12.3. The minimum Gasteiger partial charge on any atom is -0.481 e. The molecule has 2 unspecified atom stereocenters. The van der Waals surface area contributed by atoms with Crippen molar-refractivity contribution in [2.75, 3.05) is 7.05 Å². The third-order valence-electron chi connectivity index (χ3n) is 2.62. The Bertz CT molecular complexity index is 375. The van der Waals surface area contributed by atoms with Gasteiger partial charge in [-0.05, 0) is 25.3 Å². The van der Waals surface area contributed by atoms with E-state index in [0.29, 0.717) is 0 Å². The van der Waals surface area contributed by atoms with E-state index in [1.807, 2.05) is 24.4 Å². The first-order chi connectivity index (χ1) is 7.45. The topological polar surface area (TPSA) is 57.6 Å². The van der Waals surface area contributed by atoms with Crippen molar-refractivity contribution in [1.29, 1.82) is 0 Å². The van der Waals surface area contributed by atoms with E-state index in [9.17, 15) is 9.59 Å². The molecular formula is C11H15NO3S. The van der Waals surface area contributed by atoms with Crippen LogP contribution in [0.5, 0.6) is 0 Å². The van der Waals surface area contributed by atoms with Gasteiger partial charge in [-0.3, -0.25) is 9.59 Å². The largest absolute Gasteiger partial charge is 0.481 e. The zero-order valence-electron chi connectivity index (χ0n) is 9.51. The predicted octanol–water partition coefficient (Wildman–Crippen LogP) is 1.99. The molecule has 1 heterocycles. The Balaban J connectivity index is 2.74. The molecule has 0 saturated heterocycles. The van der Waals surface area contributed by atoms with Crippen LogP contribution in [0.3, 0.4) is 0 Å². The second-order valence-corrected chi connectivity index (χ2v) is 4.68. The van der Waals surface area contributed by atoms with Crippen LogP contribution < -0.4 is 0 Å². The summed E-state index contributed by atoms with van der Waals surface area (Å²) in [5.74, 6) is -2.45. The fourth-order valence-corrected chi connectivity index (χ4v) is 2.15. The highest BCUT2D eigenvalue weighted by Crippen LogP contribution is 2.24. The maximum atomic E-state index is 11.8. The molecule has 5 heteroatoms. The molecule has 0 aliphatic rings. The molecule has 2 atom stereocenters. The van der Waals surface area contributed by atoms with E-state index in [0.717, 1.165) is 4.88 Å². The average molecular weight is 241 g/mol. The smallest absolute Gasteiger partial charge is 0.315 e. The highest BCUT2D eigenvalue weighted by molar-refractivity contribution is 7.10. The fourth-order valence-electron chi connectivity index (χ4n) is 1.32. The molecular weight excluding hydrogens is 226 g/mol. The Labute approximate surface area is 98.5 Å². The van der Waals surface area contributed by atoms with Gasteiger partial charge >= 0.3 is 5.97 Å². The van der Waals surface area contributed by atoms with E-state index in [-0.39, 0.29) is 11.9 Å². The van der Waals surface area contributed by atoms with E-state index in [2.05, 4.69) is 0 Å². The van der Waals surface area contributed by atoms with Crippen LogP contribution in [0.2, 0.25) is 0 Å². The van der Waals surface area contributed by atoms with Crippen LogP contribution in [0.4, 0.5) is 0 Å². The molecule has 1 aromatic heterocycles. The molecule has 0 fully saturated rings. The van der Waals surface area contributed by atoms with E-state index in [1.165, 1.54) is 11.8 Å². The second kappa shape index (κ2) is 5.12. The minimum atomic E-state index is -1.09. The Kier molecular flexibility index (Phi) is 4.06. The fraction of sp³-hybridized carbons (Fsp3) is 0.455. The number of rotatable bonds is 4. The van der Waals surface area contributed by atoms with E-state index in [1.54, 1.807) is 18.4 Å². The molecule has 1 N–H and O–H groups in total. The lowest BCUT2D eigenvalue weighted by atomic mass is 10.1. The molecule has 1 amide bonds. The average Bonchev–Trinajstić information content (AvgIpc) is 2.78. The standard InChI is InChI=1S/C11H15NO3S/c1-7(11(14)15)10(13)12(3)8(2)9-5-4-6-16-9/h4-8H,1-3H3,(H,14,15). The summed E-state index contributed by atoms with van der Waals surface area (Å²) >= 11 is 1.56. The normalized spacial score (nSPS) is 14.2. The number of aliphatic carboxylic acids is 1. The van der Waals surface area contributed by atoms with Gasteiger partial charge in [-0.1, -0.05) is 6.07 Å². The van der Waals surface area contributed by atoms with Crippen molar-refractivity contribution in [2.24, 2.45) is 5.92 Å². The maximum Gasteiger partial charge on any atom is 0.315 e. The number of hydrogen-bond acceptors (Lipinski definition) is 3. The molecule has 0 aliphatic carbocycles. The summed E-state index contributed by atoms with van der Waals surface area (Å²) in [5.41, 5.74) is 0. The Morgan fingerprint density at radius 1 is 1.44 bits per heavy atom. The van der Waals surface area contributed by atoms with Crippen molar-refractivity contribution < 1.29 is 14.7 Å². The second-order valence-electron chi connectivity index (χ2n) is 3.70. The number of carboxylic acid groups (broad SMARTS) is 1. The molecule has 0 aliphatic heterocycles. The third-order valence-corrected chi connectivity index (χ3v) is 3.67. The van der Waals surface area contributed by atoms with E-state index in [4.69, 9.17) is 5.11 Å². The van der Waals surface area contributed by atoms with Gasteiger partial charge in [0.15, 0.2) is 0 Å². The van der Waals surface area contributed by atoms with Gasteiger partial charge in [-0.25, -0.2) is 0 Å². The lowest BCUT2D eigenvalue weighted by Gasteiger charge is -2.25. The summed E-state index contributed by atoms with van der Waals surface area (Å²) in [6.45, 7) is 3.29. The molecule has 88 valence electrons. The van der Waals surface area contributed by atoms with Crippen molar-refractivity contribution in [3.8, 4) is 0 Å². The van der Waals surface area contributed by atoms with Crippen molar-refractivity contribution in [3.63, 3.8) is 0 Å². The highest BCUT2D eigenvalue weighted by atomic mass is 32.1. The first-order valence-electron chi connectivity index (χ1n) is 4.98. The van der Waals surface area contributed by atoms with Crippen LogP contribution in [0, 0.1) is 5.92 Å². The molecule has 1 rings (SSSR count). The van der Waals surface area contributed by atoms with Crippen LogP contribution in [-0.2, 0) is 9.59 Å². The molecule has 0 saturated carbocycles. The van der Waals surface area contributed by atoms with Crippen molar-refractivity contribution in [3.05, 3.63) is 22.4 Å². The number of carbonyl (C=O) groups is 2. The van der Waals surface area contributed by atoms with Gasteiger partial charge in [0.25, 0.3) is 0 Å². The van der Waals surface area contributed by atoms with Gasteiger partial charge in [0.2, 0.25) is 5.91 Å². The van der Waals surface area contributed by atoms with Crippen LogP contribution in [0.25, 0.3) is 0 Å². The molecule has 4 nitrogen and oxygen atoms in total. The number of carbonyl (C=O) groups excluding carboxylic acids is 1. The SMILES string of the molecule is CC(C(=O)O)C(=O)N(C)C(C)c1cccs1. The Morgan fingerprint density at radius 3 is 2.50 bits per heavy atom. The lowest BCUT2D eigenvalue weighted by molar-refractivity contribution is -0.150. The highest BCUT2D eigenvalue weighted by Gasteiger charge is 2.27. The quantitative estimate of drug-likeness (QED) is 0.820. The Hall–Kier alpha value is -1.36. The maximum absolute atomic E-state index is 11.8. The molecule has 0 radical (unpaired) electrons. The first-order valence-corrected chi connectivity index (χ1v) is 5.86. The summed E-state index contributed by atoms with van der Waals surface area (Å²) in [7, 11) is 1.63. The molecule has 1 aromatic rings. The van der Waals surface area contributed by atoms with Crippen molar-refractivity contribution in [2.45, 2.75) is 19.9 Å². The number of carboxylic acids is 1. The van der Waals surface area contributed by atoms with Gasteiger partial charge in [-0.2, -0.15) is 0 Å². The summed E-state index contributed by atoms with van der Waals surface area (Å²) in [6.07, 6.45) is 0.